The first-order chi connectivity index (χ1) is 6.35. The van der Waals surface area contributed by atoms with Gasteiger partial charge in [-0.25, -0.2) is 0 Å². The van der Waals surface area contributed by atoms with Crippen molar-refractivity contribution in [1.82, 2.24) is 4.90 Å². The van der Waals surface area contributed by atoms with Crippen LogP contribution < -0.4 is 5.73 Å². The van der Waals surface area contributed by atoms with Crippen LogP contribution >= 0.6 is 0 Å². The van der Waals surface area contributed by atoms with Crippen LogP contribution in [-0.2, 0) is 4.74 Å². The average molecular weight is 184 g/mol. The van der Waals surface area contributed by atoms with E-state index in [1.165, 1.54) is 26.1 Å². The third kappa shape index (κ3) is 1.73. The summed E-state index contributed by atoms with van der Waals surface area (Å²) in [6, 6.07) is 0. The van der Waals surface area contributed by atoms with E-state index in [-0.39, 0.29) is 0 Å². The van der Waals surface area contributed by atoms with Crippen molar-refractivity contribution in [3.05, 3.63) is 0 Å². The summed E-state index contributed by atoms with van der Waals surface area (Å²) in [6.07, 6.45) is 3.09. The molecule has 2 aliphatic heterocycles. The van der Waals surface area contributed by atoms with E-state index in [9.17, 15) is 0 Å². The van der Waals surface area contributed by atoms with E-state index in [1.807, 2.05) is 7.11 Å². The Balaban J connectivity index is 1.76. The molecule has 3 aliphatic rings. The zero-order valence-electron chi connectivity index (χ0n) is 8.41. The minimum Gasteiger partial charge on any atom is -0.381 e. The normalized spacial score (nSPS) is 38.8. The van der Waals surface area contributed by atoms with Crippen LogP contribution in [0.3, 0.4) is 0 Å². The molecule has 1 aliphatic carbocycles. The Hall–Kier alpha value is -0.120. The van der Waals surface area contributed by atoms with E-state index in [2.05, 4.69) is 4.90 Å². The number of rotatable bonds is 4. The topological polar surface area (TPSA) is 38.5 Å². The van der Waals surface area contributed by atoms with Gasteiger partial charge in [0, 0.05) is 20.2 Å². The zero-order chi connectivity index (χ0) is 9.26. The molecule has 0 amide bonds. The Kier molecular flexibility index (Phi) is 2.86. The van der Waals surface area contributed by atoms with Crippen molar-refractivity contribution in [2.75, 3.05) is 33.3 Å². The Labute approximate surface area is 80.2 Å². The second-order valence-corrected chi connectivity index (χ2v) is 4.36. The predicted molar refractivity (Wildman–Crippen MR) is 52.5 cm³/mol. The lowest BCUT2D eigenvalue weighted by Gasteiger charge is -2.52. The summed E-state index contributed by atoms with van der Waals surface area (Å²) in [5.74, 6) is 1.61. The smallest absolute Gasteiger partial charge is 0.0652 e. The van der Waals surface area contributed by atoms with Gasteiger partial charge in [0.05, 0.1) is 6.10 Å². The molecule has 2 atom stereocenters. The Morgan fingerprint density at radius 2 is 2.08 bits per heavy atom. The summed E-state index contributed by atoms with van der Waals surface area (Å²) in [6.45, 7) is 4.46. The van der Waals surface area contributed by atoms with Gasteiger partial charge in [0.1, 0.15) is 0 Å². The van der Waals surface area contributed by atoms with E-state index in [4.69, 9.17) is 10.5 Å². The van der Waals surface area contributed by atoms with Crippen LogP contribution in [0.25, 0.3) is 0 Å². The monoisotopic (exact) mass is 184 g/mol. The van der Waals surface area contributed by atoms with Crippen LogP contribution in [0.1, 0.15) is 12.8 Å². The van der Waals surface area contributed by atoms with Gasteiger partial charge in [-0.2, -0.15) is 0 Å². The zero-order valence-corrected chi connectivity index (χ0v) is 8.41. The number of hydrogen-bond donors (Lipinski definition) is 1. The first-order valence-corrected chi connectivity index (χ1v) is 5.30. The molecule has 0 aromatic heterocycles. The molecule has 0 spiro atoms. The van der Waals surface area contributed by atoms with E-state index in [0.29, 0.717) is 6.10 Å². The van der Waals surface area contributed by atoms with Gasteiger partial charge in [-0.05, 0) is 37.8 Å². The fourth-order valence-electron chi connectivity index (χ4n) is 2.82. The SMILES string of the molecule is COC1[C@H]2C[C@H]1CN(CCCN)C2. The maximum atomic E-state index is 5.49. The quantitative estimate of drug-likeness (QED) is 0.683. The van der Waals surface area contributed by atoms with Crippen LogP contribution in [0.4, 0.5) is 0 Å². The number of methoxy groups -OCH3 is 1. The Morgan fingerprint density at radius 1 is 1.38 bits per heavy atom. The van der Waals surface area contributed by atoms with Crippen molar-refractivity contribution in [3.8, 4) is 0 Å². The highest BCUT2D eigenvalue weighted by Crippen LogP contribution is 2.41. The van der Waals surface area contributed by atoms with Crippen molar-refractivity contribution in [2.24, 2.45) is 17.6 Å². The highest BCUT2D eigenvalue weighted by atomic mass is 16.5. The Bertz CT molecular complexity index is 162. The molecule has 13 heavy (non-hydrogen) atoms. The Morgan fingerprint density at radius 3 is 2.62 bits per heavy atom. The maximum Gasteiger partial charge on any atom is 0.0652 e. The van der Waals surface area contributed by atoms with Gasteiger partial charge in [-0.1, -0.05) is 0 Å². The summed E-state index contributed by atoms with van der Waals surface area (Å²) in [5.41, 5.74) is 5.49. The van der Waals surface area contributed by atoms with Gasteiger partial charge in [-0.15, -0.1) is 0 Å². The molecule has 3 rings (SSSR count). The molecule has 2 heterocycles. The first-order valence-electron chi connectivity index (χ1n) is 5.30. The highest BCUT2D eigenvalue weighted by Gasteiger charge is 2.46. The third-order valence-electron chi connectivity index (χ3n) is 3.47. The lowest BCUT2D eigenvalue weighted by molar-refractivity contribution is -0.127. The molecule has 3 heteroatoms. The second-order valence-electron chi connectivity index (χ2n) is 4.36. The van der Waals surface area contributed by atoms with E-state index in [1.54, 1.807) is 0 Å². The molecule has 76 valence electrons. The van der Waals surface area contributed by atoms with E-state index < -0.39 is 0 Å². The summed E-state index contributed by atoms with van der Waals surface area (Å²) in [4.78, 5) is 2.54. The van der Waals surface area contributed by atoms with Crippen LogP contribution in [0.15, 0.2) is 0 Å². The molecule has 0 aromatic rings. The second kappa shape index (κ2) is 3.95. The van der Waals surface area contributed by atoms with Crippen molar-refractivity contribution in [3.63, 3.8) is 0 Å². The van der Waals surface area contributed by atoms with E-state index in [0.717, 1.165) is 24.8 Å². The van der Waals surface area contributed by atoms with Crippen molar-refractivity contribution in [1.29, 1.82) is 0 Å². The fraction of sp³-hybridized carbons (Fsp3) is 1.00. The predicted octanol–water partition coefficient (Wildman–Crippen LogP) is 0.302. The number of nitrogens with two attached hydrogens (primary N) is 1. The maximum absolute atomic E-state index is 5.49. The molecular formula is C10H20N2O. The number of hydrogen-bond acceptors (Lipinski definition) is 3. The summed E-state index contributed by atoms with van der Waals surface area (Å²) in [5, 5.41) is 0. The van der Waals surface area contributed by atoms with Gasteiger partial charge in [0.2, 0.25) is 0 Å². The molecule has 0 aromatic carbocycles. The molecule has 2 N–H and O–H groups in total. The van der Waals surface area contributed by atoms with Crippen LogP contribution in [0, 0.1) is 11.8 Å². The number of fused-ring (bicyclic) bond motifs is 2. The summed E-state index contributed by atoms with van der Waals surface area (Å²) < 4.78 is 5.45. The average Bonchev–Trinajstić information content (AvgIpc) is 2.16. The molecule has 0 unspecified atom stereocenters. The van der Waals surface area contributed by atoms with Crippen molar-refractivity contribution < 1.29 is 4.74 Å². The standard InChI is InChI=1S/C10H20N2O/c1-13-10-8-5-9(10)7-12(6-8)4-2-3-11/h8-10H,2-7,11H2,1H3/t8-,9-/m0/s1. The minimum atomic E-state index is 0.564. The largest absolute Gasteiger partial charge is 0.381 e. The highest BCUT2D eigenvalue weighted by molar-refractivity contribution is 4.98. The van der Waals surface area contributed by atoms with Crippen molar-refractivity contribution in [2.45, 2.75) is 18.9 Å². The number of ether oxygens (including phenoxy) is 1. The van der Waals surface area contributed by atoms with Crippen molar-refractivity contribution >= 4 is 0 Å². The van der Waals surface area contributed by atoms with Crippen LogP contribution in [-0.4, -0.2) is 44.3 Å². The van der Waals surface area contributed by atoms with Gasteiger partial charge < -0.3 is 15.4 Å². The lowest BCUT2D eigenvalue weighted by Crippen LogP contribution is -2.59. The molecule has 3 nitrogen and oxygen atoms in total. The van der Waals surface area contributed by atoms with Gasteiger partial charge in [0.15, 0.2) is 0 Å². The molecular weight excluding hydrogens is 164 g/mol. The molecule has 3 fully saturated rings. The minimum absolute atomic E-state index is 0.564. The molecule has 0 radical (unpaired) electrons. The van der Waals surface area contributed by atoms with E-state index >= 15 is 0 Å². The van der Waals surface area contributed by atoms with Crippen LogP contribution in [0.5, 0.6) is 0 Å². The first kappa shape index (κ1) is 9.44. The number of piperidine rings is 2. The third-order valence-corrected chi connectivity index (χ3v) is 3.47. The van der Waals surface area contributed by atoms with Crippen LogP contribution in [0.2, 0.25) is 0 Å². The summed E-state index contributed by atoms with van der Waals surface area (Å²) >= 11 is 0. The summed E-state index contributed by atoms with van der Waals surface area (Å²) in [7, 11) is 1.85. The molecule has 1 saturated carbocycles. The lowest BCUT2D eigenvalue weighted by atomic mass is 9.68. The molecule has 2 saturated heterocycles. The number of nitrogens with zero attached hydrogens (tertiary/aromatic N) is 1. The molecule has 2 bridgehead atoms. The van der Waals surface area contributed by atoms with Gasteiger partial charge in [0.25, 0.3) is 0 Å². The van der Waals surface area contributed by atoms with Gasteiger partial charge in [-0.3, -0.25) is 0 Å². The van der Waals surface area contributed by atoms with Gasteiger partial charge >= 0.3 is 0 Å². The fourth-order valence-corrected chi connectivity index (χ4v) is 2.82.